The Morgan fingerprint density at radius 1 is 1.41 bits per heavy atom. The van der Waals surface area contributed by atoms with Gasteiger partial charge in [-0.3, -0.25) is 0 Å². The van der Waals surface area contributed by atoms with E-state index >= 15 is 0 Å². The average molecular weight is 364 g/mol. The van der Waals surface area contributed by atoms with Crippen molar-refractivity contribution in [1.82, 2.24) is 14.6 Å². The van der Waals surface area contributed by atoms with Crippen molar-refractivity contribution in [3.05, 3.63) is 42.4 Å². The van der Waals surface area contributed by atoms with E-state index in [-0.39, 0.29) is 12.7 Å². The minimum Gasteiger partial charge on any atom is -0.489 e. The molecule has 0 unspecified atom stereocenters. The Balaban J connectivity index is 1.70. The minimum absolute atomic E-state index is 0.260. The van der Waals surface area contributed by atoms with Crippen LogP contribution in [0.25, 0.3) is 16.6 Å². The smallest absolute Gasteiger partial charge is 0.146 e. The predicted molar refractivity (Wildman–Crippen MR) is 101 cm³/mol. The molecular formula is C20H20N4O3. The molecule has 1 fully saturated rings. The van der Waals surface area contributed by atoms with Crippen LogP contribution >= 0.6 is 0 Å². The lowest BCUT2D eigenvalue weighted by atomic mass is 10.1. The van der Waals surface area contributed by atoms with Crippen molar-refractivity contribution in [1.29, 1.82) is 0 Å². The highest BCUT2D eigenvalue weighted by molar-refractivity contribution is 5.75. The van der Waals surface area contributed by atoms with Crippen LogP contribution in [0.15, 0.2) is 36.7 Å². The van der Waals surface area contributed by atoms with Gasteiger partial charge in [-0.1, -0.05) is 5.92 Å². The van der Waals surface area contributed by atoms with E-state index in [1.54, 1.807) is 23.7 Å². The lowest BCUT2D eigenvalue weighted by molar-refractivity contribution is 0.0110. The summed E-state index contributed by atoms with van der Waals surface area (Å²) in [6.45, 7) is 2.58. The SMILES string of the molecule is CC#Cc1cc(-c2ccn3nc(N)cc3c2)c(OC[C@H]2OCC[C@@H]2O)cn1. The largest absolute Gasteiger partial charge is 0.489 e. The highest BCUT2D eigenvalue weighted by Crippen LogP contribution is 2.31. The first-order chi connectivity index (χ1) is 13.1. The summed E-state index contributed by atoms with van der Waals surface area (Å²) >= 11 is 0. The molecule has 0 amide bonds. The standard InChI is InChI=1S/C20H20N4O3/c1-2-3-14-9-16(13-4-6-24-15(8-13)10-20(21)23-24)18(11-22-14)27-12-19-17(25)5-7-26-19/h4,6,8-11,17,19,25H,5,7,12H2,1H3,(H2,21,23)/t17-,19+/m0/s1. The van der Waals surface area contributed by atoms with Crippen LogP contribution in [0, 0.1) is 11.8 Å². The number of pyridine rings is 2. The summed E-state index contributed by atoms with van der Waals surface area (Å²) in [4.78, 5) is 4.35. The molecular weight excluding hydrogens is 344 g/mol. The number of ether oxygens (including phenoxy) is 2. The van der Waals surface area contributed by atoms with E-state index in [4.69, 9.17) is 15.2 Å². The molecule has 3 aromatic heterocycles. The van der Waals surface area contributed by atoms with E-state index in [9.17, 15) is 5.11 Å². The molecule has 0 saturated carbocycles. The predicted octanol–water partition coefficient (Wildman–Crippen LogP) is 1.88. The zero-order valence-electron chi connectivity index (χ0n) is 14.9. The topological polar surface area (TPSA) is 94.9 Å². The second-order valence-electron chi connectivity index (χ2n) is 6.37. The third-order valence-corrected chi connectivity index (χ3v) is 4.49. The molecule has 3 aromatic rings. The number of nitrogens with zero attached hydrogens (tertiary/aromatic N) is 3. The summed E-state index contributed by atoms with van der Waals surface area (Å²) in [5, 5.41) is 14.1. The molecule has 0 radical (unpaired) electrons. The molecule has 4 heterocycles. The van der Waals surface area contributed by atoms with E-state index in [0.29, 0.717) is 30.3 Å². The molecule has 3 N–H and O–H groups in total. The van der Waals surface area contributed by atoms with Crippen molar-refractivity contribution >= 4 is 11.3 Å². The average Bonchev–Trinajstić information content (AvgIpc) is 3.24. The molecule has 0 aliphatic carbocycles. The number of rotatable bonds is 4. The molecule has 0 aromatic carbocycles. The summed E-state index contributed by atoms with van der Waals surface area (Å²) in [6, 6.07) is 7.62. The number of hydrogen-bond donors (Lipinski definition) is 2. The van der Waals surface area contributed by atoms with Crippen LogP contribution in [-0.2, 0) is 4.74 Å². The lowest BCUT2D eigenvalue weighted by Crippen LogP contribution is -2.28. The third-order valence-electron chi connectivity index (χ3n) is 4.49. The molecule has 7 heteroatoms. The van der Waals surface area contributed by atoms with Crippen molar-refractivity contribution in [2.45, 2.75) is 25.6 Å². The van der Waals surface area contributed by atoms with Crippen LogP contribution in [0.1, 0.15) is 19.0 Å². The second kappa shape index (κ2) is 7.27. The molecule has 27 heavy (non-hydrogen) atoms. The molecule has 2 atom stereocenters. The maximum Gasteiger partial charge on any atom is 0.146 e. The van der Waals surface area contributed by atoms with Crippen molar-refractivity contribution < 1.29 is 14.6 Å². The normalized spacial score (nSPS) is 19.0. The Hall–Kier alpha value is -3.08. The van der Waals surface area contributed by atoms with Crippen LogP contribution in [0.2, 0.25) is 0 Å². The van der Waals surface area contributed by atoms with Gasteiger partial charge in [-0.15, -0.1) is 0 Å². The summed E-state index contributed by atoms with van der Waals surface area (Å²) in [5.74, 6) is 6.90. The second-order valence-corrected chi connectivity index (χ2v) is 6.37. The number of nitrogens with two attached hydrogens (primary N) is 1. The van der Waals surface area contributed by atoms with E-state index < -0.39 is 6.10 Å². The lowest BCUT2D eigenvalue weighted by Gasteiger charge is -2.17. The number of anilines is 1. The van der Waals surface area contributed by atoms with Crippen LogP contribution in [-0.4, -0.2) is 45.1 Å². The molecule has 4 rings (SSSR count). The Kier molecular flexibility index (Phi) is 4.67. The number of hydrogen-bond acceptors (Lipinski definition) is 6. The fourth-order valence-corrected chi connectivity index (χ4v) is 3.13. The van der Waals surface area contributed by atoms with Gasteiger partial charge in [-0.2, -0.15) is 5.10 Å². The van der Waals surface area contributed by atoms with E-state index in [0.717, 1.165) is 16.6 Å². The first-order valence-corrected chi connectivity index (χ1v) is 8.74. The van der Waals surface area contributed by atoms with Gasteiger partial charge in [0, 0.05) is 24.4 Å². The molecule has 1 saturated heterocycles. The minimum atomic E-state index is -0.502. The fourth-order valence-electron chi connectivity index (χ4n) is 3.13. The number of aromatic nitrogens is 3. The van der Waals surface area contributed by atoms with E-state index in [1.807, 2.05) is 24.4 Å². The third kappa shape index (κ3) is 3.58. The monoisotopic (exact) mass is 364 g/mol. The molecule has 0 bridgehead atoms. The molecule has 138 valence electrons. The van der Waals surface area contributed by atoms with Crippen LogP contribution in [0.3, 0.4) is 0 Å². The van der Waals surface area contributed by atoms with Gasteiger partial charge < -0.3 is 20.3 Å². The van der Waals surface area contributed by atoms with Crippen LogP contribution in [0.5, 0.6) is 5.75 Å². The quantitative estimate of drug-likeness (QED) is 0.687. The number of nitrogen functional groups attached to an aromatic ring is 1. The van der Waals surface area contributed by atoms with Gasteiger partial charge in [-0.25, -0.2) is 9.50 Å². The fraction of sp³-hybridized carbons (Fsp3) is 0.300. The Morgan fingerprint density at radius 2 is 2.30 bits per heavy atom. The number of fused-ring (bicyclic) bond motifs is 1. The first kappa shape index (κ1) is 17.3. The van der Waals surface area contributed by atoms with Crippen LogP contribution < -0.4 is 10.5 Å². The van der Waals surface area contributed by atoms with E-state index in [2.05, 4.69) is 21.9 Å². The number of aliphatic hydroxyl groups excluding tert-OH is 1. The van der Waals surface area contributed by atoms with Gasteiger partial charge >= 0.3 is 0 Å². The maximum absolute atomic E-state index is 9.93. The van der Waals surface area contributed by atoms with Crippen molar-refractivity contribution in [3.8, 4) is 28.7 Å². The molecule has 1 aliphatic heterocycles. The highest BCUT2D eigenvalue weighted by Gasteiger charge is 2.27. The van der Waals surface area contributed by atoms with Gasteiger partial charge in [-0.05, 0) is 43.0 Å². The van der Waals surface area contributed by atoms with E-state index in [1.165, 1.54) is 0 Å². The maximum atomic E-state index is 9.93. The summed E-state index contributed by atoms with van der Waals surface area (Å²) < 4.78 is 13.2. The van der Waals surface area contributed by atoms with Gasteiger partial charge in [0.25, 0.3) is 0 Å². The highest BCUT2D eigenvalue weighted by atomic mass is 16.5. The molecule has 1 aliphatic rings. The van der Waals surface area contributed by atoms with Gasteiger partial charge in [0.05, 0.1) is 17.8 Å². The number of aliphatic hydroxyl groups is 1. The molecule has 0 spiro atoms. The van der Waals surface area contributed by atoms with Crippen molar-refractivity contribution in [2.75, 3.05) is 18.9 Å². The summed E-state index contributed by atoms with van der Waals surface area (Å²) in [6.07, 6.45) is 3.30. The Morgan fingerprint density at radius 3 is 3.07 bits per heavy atom. The Bertz CT molecular complexity index is 1030. The Labute approximate surface area is 156 Å². The van der Waals surface area contributed by atoms with Gasteiger partial charge in [0.1, 0.15) is 30.0 Å². The van der Waals surface area contributed by atoms with Crippen LogP contribution in [0.4, 0.5) is 5.82 Å². The first-order valence-electron chi connectivity index (χ1n) is 8.74. The molecule has 7 nitrogen and oxygen atoms in total. The zero-order valence-corrected chi connectivity index (χ0v) is 14.9. The summed E-state index contributed by atoms with van der Waals surface area (Å²) in [5.41, 5.74) is 9.11. The van der Waals surface area contributed by atoms with Gasteiger partial charge in [0.15, 0.2) is 0 Å². The van der Waals surface area contributed by atoms with Crippen molar-refractivity contribution in [2.24, 2.45) is 0 Å². The zero-order chi connectivity index (χ0) is 18.8. The summed E-state index contributed by atoms with van der Waals surface area (Å²) in [7, 11) is 0. The van der Waals surface area contributed by atoms with Gasteiger partial charge in [0.2, 0.25) is 0 Å². The van der Waals surface area contributed by atoms with Crippen molar-refractivity contribution in [3.63, 3.8) is 0 Å².